The number of carboxylic acids is 2. The van der Waals surface area contributed by atoms with Crippen LogP contribution in [0.15, 0.2) is 18.3 Å². The summed E-state index contributed by atoms with van der Waals surface area (Å²) in [6.45, 7) is 3.72. The van der Waals surface area contributed by atoms with E-state index < -0.39 is 28.0 Å². The number of urea groups is 1. The smallest absolute Gasteiger partial charge is 0.355 e. The van der Waals surface area contributed by atoms with Crippen LogP contribution in [0.1, 0.15) is 47.5 Å². The molecule has 5 N–H and O–H groups in total. The summed E-state index contributed by atoms with van der Waals surface area (Å²) in [6.07, 6.45) is 2.46. The number of aromatic carboxylic acids is 2. The third kappa shape index (κ3) is 6.32. The standard InChI is InChI=1S/C7H13BrN2O2.C7H5NO4/c1-3-7(8,4-2)5(11)10-6(9)12;9-6(10)4-2-1-3-8-5(4)7(11)12/h3-4H2,1-2H3,(H3,9,10,11,12);1-3H,(H,9,10)(H,11,12). The molecule has 0 radical (unpaired) electrons. The number of carbonyl (C=O) groups is 4. The van der Waals surface area contributed by atoms with Crippen LogP contribution >= 0.6 is 15.9 Å². The van der Waals surface area contributed by atoms with Gasteiger partial charge in [0, 0.05) is 6.20 Å². The molecule has 0 aliphatic carbocycles. The normalized spacial score (nSPS) is 10.1. The third-order valence-corrected chi connectivity index (χ3v) is 4.49. The predicted octanol–water partition coefficient (Wildman–Crippen LogP) is 1.61. The molecule has 0 saturated heterocycles. The Kier molecular flexibility index (Phi) is 8.61. The van der Waals surface area contributed by atoms with E-state index in [4.69, 9.17) is 15.9 Å². The predicted molar refractivity (Wildman–Crippen MR) is 88.1 cm³/mol. The van der Waals surface area contributed by atoms with Crippen LogP contribution in [-0.4, -0.2) is 43.4 Å². The van der Waals surface area contributed by atoms with Gasteiger partial charge in [-0.3, -0.25) is 10.1 Å². The number of nitrogens with two attached hydrogens (primary N) is 1. The Morgan fingerprint density at radius 1 is 1.21 bits per heavy atom. The van der Waals surface area contributed by atoms with Gasteiger partial charge in [-0.05, 0) is 25.0 Å². The zero-order valence-electron chi connectivity index (χ0n) is 13.1. The fourth-order valence-electron chi connectivity index (χ4n) is 1.54. The molecule has 3 amide bonds. The monoisotopic (exact) mass is 403 g/mol. The van der Waals surface area contributed by atoms with E-state index >= 15 is 0 Å². The molecule has 1 aromatic rings. The summed E-state index contributed by atoms with van der Waals surface area (Å²) < 4.78 is -0.665. The van der Waals surface area contributed by atoms with Crippen molar-refractivity contribution in [2.45, 2.75) is 31.0 Å². The first-order valence-electron chi connectivity index (χ1n) is 6.80. The van der Waals surface area contributed by atoms with E-state index in [1.54, 1.807) is 0 Å². The van der Waals surface area contributed by atoms with Crippen molar-refractivity contribution in [1.82, 2.24) is 10.3 Å². The molecule has 0 saturated carbocycles. The van der Waals surface area contributed by atoms with E-state index in [0.717, 1.165) is 0 Å². The molecule has 132 valence electrons. The number of amides is 3. The number of carboxylic acid groups (broad SMARTS) is 2. The molecular formula is C14H18BrN3O6. The van der Waals surface area contributed by atoms with E-state index in [1.807, 2.05) is 19.2 Å². The quantitative estimate of drug-likeness (QED) is 0.543. The summed E-state index contributed by atoms with van der Waals surface area (Å²) in [5.74, 6) is -3.01. The van der Waals surface area contributed by atoms with Crippen molar-refractivity contribution in [1.29, 1.82) is 0 Å². The van der Waals surface area contributed by atoms with Crippen LogP contribution in [0.4, 0.5) is 4.79 Å². The van der Waals surface area contributed by atoms with Crippen LogP contribution < -0.4 is 11.1 Å². The Morgan fingerprint density at radius 2 is 1.75 bits per heavy atom. The number of nitrogens with zero attached hydrogens (tertiary/aromatic N) is 1. The zero-order valence-corrected chi connectivity index (χ0v) is 14.7. The number of rotatable bonds is 5. The Bertz CT molecular complexity index is 598. The first-order valence-corrected chi connectivity index (χ1v) is 7.59. The van der Waals surface area contributed by atoms with Crippen LogP contribution in [0.3, 0.4) is 0 Å². The van der Waals surface area contributed by atoms with Crippen molar-refractivity contribution >= 4 is 39.8 Å². The second kappa shape index (κ2) is 9.60. The first-order chi connectivity index (χ1) is 11.1. The molecule has 1 heterocycles. The van der Waals surface area contributed by atoms with Crippen LogP contribution in [0.5, 0.6) is 0 Å². The molecule has 0 aromatic carbocycles. The highest BCUT2D eigenvalue weighted by atomic mass is 79.9. The molecule has 0 unspecified atom stereocenters. The largest absolute Gasteiger partial charge is 0.478 e. The van der Waals surface area contributed by atoms with Crippen molar-refractivity contribution in [3.05, 3.63) is 29.6 Å². The lowest BCUT2D eigenvalue weighted by molar-refractivity contribution is -0.122. The molecule has 9 nitrogen and oxygen atoms in total. The average molecular weight is 404 g/mol. The van der Waals surface area contributed by atoms with Crippen molar-refractivity contribution in [3.63, 3.8) is 0 Å². The lowest BCUT2D eigenvalue weighted by Crippen LogP contribution is -2.46. The zero-order chi connectivity index (χ0) is 18.9. The minimum absolute atomic E-state index is 0.301. The van der Waals surface area contributed by atoms with Gasteiger partial charge in [0.1, 0.15) is 4.32 Å². The van der Waals surface area contributed by atoms with Crippen LogP contribution in [0, 0.1) is 0 Å². The highest BCUT2D eigenvalue weighted by Crippen LogP contribution is 2.26. The Hall–Kier alpha value is -2.49. The Morgan fingerprint density at radius 3 is 2.08 bits per heavy atom. The van der Waals surface area contributed by atoms with Crippen molar-refractivity contribution in [2.75, 3.05) is 0 Å². The maximum atomic E-state index is 11.3. The fourth-order valence-corrected chi connectivity index (χ4v) is 1.64. The van der Waals surface area contributed by atoms with Crippen molar-refractivity contribution in [3.8, 4) is 0 Å². The molecule has 0 bridgehead atoms. The molecule has 0 spiro atoms. The van der Waals surface area contributed by atoms with Crippen LogP contribution in [0.25, 0.3) is 0 Å². The molecule has 10 heteroatoms. The van der Waals surface area contributed by atoms with E-state index in [2.05, 4.69) is 20.9 Å². The Labute approximate surface area is 146 Å². The first kappa shape index (κ1) is 21.5. The molecule has 0 aliphatic heterocycles. The molecular weight excluding hydrogens is 386 g/mol. The topological polar surface area (TPSA) is 160 Å². The minimum Gasteiger partial charge on any atom is -0.478 e. The highest BCUT2D eigenvalue weighted by molar-refractivity contribution is 9.10. The third-order valence-electron chi connectivity index (χ3n) is 3.01. The van der Waals surface area contributed by atoms with Gasteiger partial charge in [0.15, 0.2) is 5.69 Å². The number of hydrogen-bond acceptors (Lipinski definition) is 5. The number of carbonyl (C=O) groups excluding carboxylic acids is 2. The maximum absolute atomic E-state index is 11.3. The maximum Gasteiger partial charge on any atom is 0.355 e. The van der Waals surface area contributed by atoms with Gasteiger partial charge in [-0.2, -0.15) is 0 Å². The highest BCUT2D eigenvalue weighted by Gasteiger charge is 2.32. The van der Waals surface area contributed by atoms with Gasteiger partial charge in [0.25, 0.3) is 0 Å². The van der Waals surface area contributed by atoms with Gasteiger partial charge in [-0.25, -0.2) is 19.4 Å². The summed E-state index contributed by atoms with van der Waals surface area (Å²) in [7, 11) is 0. The number of pyridine rings is 1. The SMILES string of the molecule is CCC(Br)(CC)C(=O)NC(N)=O.O=C(O)c1cccnc1C(=O)O. The van der Waals surface area contributed by atoms with Gasteiger partial charge >= 0.3 is 18.0 Å². The van der Waals surface area contributed by atoms with Crippen molar-refractivity contribution in [2.24, 2.45) is 5.73 Å². The van der Waals surface area contributed by atoms with Gasteiger partial charge in [-0.15, -0.1) is 0 Å². The lowest BCUT2D eigenvalue weighted by Gasteiger charge is -2.21. The van der Waals surface area contributed by atoms with E-state index in [9.17, 15) is 19.2 Å². The number of alkyl halides is 1. The number of hydrogen-bond donors (Lipinski definition) is 4. The average Bonchev–Trinajstić information content (AvgIpc) is 2.53. The summed E-state index contributed by atoms with van der Waals surface area (Å²) >= 11 is 3.26. The van der Waals surface area contributed by atoms with Crippen LogP contribution in [-0.2, 0) is 4.79 Å². The van der Waals surface area contributed by atoms with E-state index in [0.29, 0.717) is 12.8 Å². The summed E-state index contributed by atoms with van der Waals surface area (Å²) in [4.78, 5) is 45.9. The van der Waals surface area contributed by atoms with Gasteiger partial charge in [0.05, 0.1) is 5.56 Å². The second-order valence-corrected chi connectivity index (χ2v) is 6.02. The molecule has 1 aromatic heterocycles. The minimum atomic E-state index is -1.34. The summed E-state index contributed by atoms with van der Waals surface area (Å²) in [5, 5.41) is 19.0. The van der Waals surface area contributed by atoms with Crippen molar-refractivity contribution < 1.29 is 29.4 Å². The van der Waals surface area contributed by atoms with Gasteiger partial charge < -0.3 is 15.9 Å². The van der Waals surface area contributed by atoms with E-state index in [1.165, 1.54) is 18.3 Å². The number of halogens is 1. The summed E-state index contributed by atoms with van der Waals surface area (Å²) in [5.41, 5.74) is 4.07. The fraction of sp³-hybridized carbons (Fsp3) is 0.357. The molecule has 0 fully saturated rings. The lowest BCUT2D eigenvalue weighted by atomic mass is 10.0. The number of imide groups is 1. The second-order valence-electron chi connectivity index (χ2n) is 4.50. The summed E-state index contributed by atoms with van der Waals surface area (Å²) in [6, 6.07) is 1.75. The number of nitrogens with one attached hydrogen (secondary N) is 1. The van der Waals surface area contributed by atoms with Gasteiger partial charge in [-0.1, -0.05) is 29.8 Å². The molecule has 1 rings (SSSR count). The van der Waals surface area contributed by atoms with Crippen LogP contribution in [0.2, 0.25) is 0 Å². The Balaban J connectivity index is 0.000000441. The molecule has 24 heavy (non-hydrogen) atoms. The molecule has 0 aliphatic rings. The van der Waals surface area contributed by atoms with E-state index in [-0.39, 0.29) is 11.5 Å². The molecule has 0 atom stereocenters. The number of primary amides is 1. The van der Waals surface area contributed by atoms with Gasteiger partial charge in [0.2, 0.25) is 5.91 Å². The number of aromatic nitrogens is 1.